The van der Waals surface area contributed by atoms with Crippen LogP contribution in [0.5, 0.6) is 0 Å². The average Bonchev–Trinajstić information content (AvgIpc) is 2.46. The van der Waals surface area contributed by atoms with Crippen LogP contribution in [0.1, 0.15) is 50.5 Å². The van der Waals surface area contributed by atoms with E-state index in [1.807, 2.05) is 38.1 Å². The molecule has 2 aromatic carbocycles. The Morgan fingerprint density at radius 2 is 1.24 bits per heavy atom. The first kappa shape index (κ1) is 15.5. The SMILES string of the molecule is CC(C)C(=O)c1ccc(-c2ccc(C(C)(C)C)cc2)cc1. The van der Waals surface area contributed by atoms with E-state index in [0.717, 1.165) is 11.1 Å². The summed E-state index contributed by atoms with van der Waals surface area (Å²) in [4.78, 5) is 11.9. The van der Waals surface area contributed by atoms with Crippen LogP contribution in [-0.4, -0.2) is 5.78 Å². The van der Waals surface area contributed by atoms with E-state index in [2.05, 4.69) is 45.0 Å². The molecule has 0 fully saturated rings. The summed E-state index contributed by atoms with van der Waals surface area (Å²) in [6, 6.07) is 16.6. The van der Waals surface area contributed by atoms with Crippen LogP contribution in [0.15, 0.2) is 48.5 Å². The molecule has 0 saturated carbocycles. The standard InChI is InChI=1S/C20H24O/c1-14(2)19(21)17-8-6-15(7-9-17)16-10-12-18(13-11-16)20(3,4)5/h6-14H,1-5H3. The van der Waals surface area contributed by atoms with Gasteiger partial charge in [0.15, 0.2) is 5.78 Å². The van der Waals surface area contributed by atoms with Gasteiger partial charge in [0.1, 0.15) is 0 Å². The van der Waals surface area contributed by atoms with E-state index in [-0.39, 0.29) is 17.1 Å². The zero-order valence-corrected chi connectivity index (χ0v) is 13.6. The zero-order chi connectivity index (χ0) is 15.6. The number of ketones is 1. The molecule has 2 aromatic rings. The largest absolute Gasteiger partial charge is 0.294 e. The summed E-state index contributed by atoms with van der Waals surface area (Å²) in [7, 11) is 0. The normalized spacial score (nSPS) is 11.7. The van der Waals surface area contributed by atoms with Gasteiger partial charge in [0.05, 0.1) is 0 Å². The maximum Gasteiger partial charge on any atom is 0.165 e. The lowest BCUT2D eigenvalue weighted by atomic mass is 9.86. The van der Waals surface area contributed by atoms with E-state index in [0.29, 0.717) is 0 Å². The molecule has 0 N–H and O–H groups in total. The molecule has 0 atom stereocenters. The molecular formula is C20H24O. The number of Topliss-reactive ketones (excluding diaryl/α,β-unsaturated/α-hetero) is 1. The van der Waals surface area contributed by atoms with Crippen molar-refractivity contribution < 1.29 is 4.79 Å². The Labute approximate surface area is 128 Å². The minimum absolute atomic E-state index is 0.0434. The van der Waals surface area contributed by atoms with Crippen LogP contribution in [0, 0.1) is 5.92 Å². The fourth-order valence-corrected chi connectivity index (χ4v) is 2.32. The molecule has 110 valence electrons. The minimum Gasteiger partial charge on any atom is -0.294 e. The number of carbonyl (C=O) groups is 1. The number of hydrogen-bond acceptors (Lipinski definition) is 1. The van der Waals surface area contributed by atoms with E-state index in [9.17, 15) is 4.79 Å². The molecule has 0 aromatic heterocycles. The lowest BCUT2D eigenvalue weighted by molar-refractivity contribution is 0.0939. The summed E-state index contributed by atoms with van der Waals surface area (Å²) < 4.78 is 0. The van der Waals surface area contributed by atoms with Gasteiger partial charge in [-0.05, 0) is 22.1 Å². The van der Waals surface area contributed by atoms with Gasteiger partial charge >= 0.3 is 0 Å². The van der Waals surface area contributed by atoms with Gasteiger partial charge in [0, 0.05) is 11.5 Å². The van der Waals surface area contributed by atoms with Crippen LogP contribution in [0.4, 0.5) is 0 Å². The summed E-state index contributed by atoms with van der Waals surface area (Å²) in [6.07, 6.45) is 0. The average molecular weight is 280 g/mol. The Hall–Kier alpha value is -1.89. The third-order valence-corrected chi connectivity index (χ3v) is 3.78. The molecular weight excluding hydrogens is 256 g/mol. The maximum absolute atomic E-state index is 11.9. The first-order valence-corrected chi connectivity index (χ1v) is 7.54. The van der Waals surface area contributed by atoms with E-state index in [1.165, 1.54) is 11.1 Å². The van der Waals surface area contributed by atoms with Crippen molar-refractivity contribution in [3.8, 4) is 11.1 Å². The second kappa shape index (κ2) is 5.85. The summed E-state index contributed by atoms with van der Waals surface area (Å²) >= 11 is 0. The minimum atomic E-state index is 0.0434. The summed E-state index contributed by atoms with van der Waals surface area (Å²) in [5.74, 6) is 0.242. The third kappa shape index (κ3) is 3.60. The lowest BCUT2D eigenvalue weighted by Crippen LogP contribution is -2.10. The highest BCUT2D eigenvalue weighted by Gasteiger charge is 2.13. The highest BCUT2D eigenvalue weighted by Crippen LogP contribution is 2.26. The molecule has 0 radical (unpaired) electrons. The molecule has 0 heterocycles. The van der Waals surface area contributed by atoms with Crippen molar-refractivity contribution >= 4 is 5.78 Å². The summed E-state index contributed by atoms with van der Waals surface area (Å²) in [5, 5.41) is 0. The van der Waals surface area contributed by atoms with E-state index < -0.39 is 0 Å². The van der Waals surface area contributed by atoms with Gasteiger partial charge in [-0.15, -0.1) is 0 Å². The number of rotatable bonds is 3. The fourth-order valence-electron chi connectivity index (χ4n) is 2.32. The molecule has 0 aliphatic rings. The van der Waals surface area contributed by atoms with E-state index in [4.69, 9.17) is 0 Å². The Balaban J connectivity index is 2.25. The molecule has 0 bridgehead atoms. The second-order valence-electron chi connectivity index (χ2n) is 6.92. The lowest BCUT2D eigenvalue weighted by Gasteiger charge is -2.19. The van der Waals surface area contributed by atoms with Crippen molar-refractivity contribution in [1.82, 2.24) is 0 Å². The maximum atomic E-state index is 11.9. The Kier molecular flexibility index (Phi) is 4.32. The van der Waals surface area contributed by atoms with Crippen LogP contribution in [0.25, 0.3) is 11.1 Å². The molecule has 21 heavy (non-hydrogen) atoms. The second-order valence-corrected chi connectivity index (χ2v) is 6.92. The molecule has 0 unspecified atom stereocenters. The molecule has 0 aliphatic carbocycles. The first-order chi connectivity index (χ1) is 9.79. The topological polar surface area (TPSA) is 17.1 Å². The molecule has 0 spiro atoms. The molecule has 0 amide bonds. The highest BCUT2D eigenvalue weighted by atomic mass is 16.1. The predicted octanol–water partition coefficient (Wildman–Crippen LogP) is 5.49. The third-order valence-electron chi connectivity index (χ3n) is 3.78. The quantitative estimate of drug-likeness (QED) is 0.679. The van der Waals surface area contributed by atoms with Gasteiger partial charge < -0.3 is 0 Å². The Morgan fingerprint density at radius 1 is 0.810 bits per heavy atom. The monoisotopic (exact) mass is 280 g/mol. The van der Waals surface area contributed by atoms with E-state index in [1.54, 1.807) is 0 Å². The Bertz CT molecular complexity index is 610. The predicted molar refractivity (Wildman–Crippen MR) is 89.7 cm³/mol. The van der Waals surface area contributed by atoms with Crippen LogP contribution in [-0.2, 0) is 5.41 Å². The molecule has 1 nitrogen and oxygen atoms in total. The fraction of sp³-hybridized carbons (Fsp3) is 0.350. The zero-order valence-electron chi connectivity index (χ0n) is 13.6. The smallest absolute Gasteiger partial charge is 0.165 e. The van der Waals surface area contributed by atoms with Crippen molar-refractivity contribution in [2.75, 3.05) is 0 Å². The number of benzene rings is 2. The van der Waals surface area contributed by atoms with Gasteiger partial charge in [0.2, 0.25) is 0 Å². The van der Waals surface area contributed by atoms with Crippen molar-refractivity contribution in [3.05, 3.63) is 59.7 Å². The molecule has 0 aliphatic heterocycles. The van der Waals surface area contributed by atoms with Gasteiger partial charge in [-0.25, -0.2) is 0 Å². The Morgan fingerprint density at radius 3 is 1.62 bits per heavy atom. The van der Waals surface area contributed by atoms with Crippen molar-refractivity contribution in [3.63, 3.8) is 0 Å². The molecule has 1 heteroatoms. The van der Waals surface area contributed by atoms with Crippen LogP contribution in [0.2, 0.25) is 0 Å². The van der Waals surface area contributed by atoms with Crippen molar-refractivity contribution in [2.24, 2.45) is 5.92 Å². The first-order valence-electron chi connectivity index (χ1n) is 7.54. The van der Waals surface area contributed by atoms with Crippen LogP contribution in [0.3, 0.4) is 0 Å². The van der Waals surface area contributed by atoms with E-state index >= 15 is 0 Å². The van der Waals surface area contributed by atoms with Crippen molar-refractivity contribution in [2.45, 2.75) is 40.0 Å². The highest BCUT2D eigenvalue weighted by molar-refractivity contribution is 5.97. The van der Waals surface area contributed by atoms with Crippen LogP contribution < -0.4 is 0 Å². The summed E-state index contributed by atoms with van der Waals surface area (Å²) in [6.45, 7) is 10.5. The molecule has 2 rings (SSSR count). The van der Waals surface area contributed by atoms with Crippen molar-refractivity contribution in [1.29, 1.82) is 0 Å². The van der Waals surface area contributed by atoms with Gasteiger partial charge in [-0.2, -0.15) is 0 Å². The van der Waals surface area contributed by atoms with Gasteiger partial charge in [-0.1, -0.05) is 83.1 Å². The summed E-state index contributed by atoms with van der Waals surface area (Å²) in [5.41, 5.74) is 4.63. The number of hydrogen-bond donors (Lipinski definition) is 0. The van der Waals surface area contributed by atoms with Gasteiger partial charge in [-0.3, -0.25) is 4.79 Å². The van der Waals surface area contributed by atoms with Crippen LogP contribution >= 0.6 is 0 Å². The van der Waals surface area contributed by atoms with Gasteiger partial charge in [0.25, 0.3) is 0 Å². The molecule has 0 saturated heterocycles. The number of carbonyl (C=O) groups excluding carboxylic acids is 1.